The summed E-state index contributed by atoms with van der Waals surface area (Å²) in [5.41, 5.74) is -0.387. The van der Waals surface area contributed by atoms with Gasteiger partial charge in [0, 0.05) is 19.0 Å². The number of para-hydroxylation sites is 1. The van der Waals surface area contributed by atoms with Gasteiger partial charge in [-0.3, -0.25) is 0 Å². The van der Waals surface area contributed by atoms with Crippen molar-refractivity contribution in [2.45, 2.75) is 25.6 Å². The predicted octanol–water partition coefficient (Wildman–Crippen LogP) is 3.49. The minimum atomic E-state index is -4.54. The van der Waals surface area contributed by atoms with Crippen LogP contribution in [-0.4, -0.2) is 40.3 Å². The molecule has 0 spiro atoms. The lowest BCUT2D eigenvalue weighted by Crippen LogP contribution is -2.35. The van der Waals surface area contributed by atoms with Crippen LogP contribution in [0.3, 0.4) is 0 Å². The average Bonchev–Trinajstić information content (AvgIpc) is 3.05. The molecule has 2 aromatic rings. The standard InChI is InChI=1S/C17H17F3N4O2/c1-11-6-7-15(23-22-11)26-12-8-9-24(10-12)16(25)21-14-5-3-2-4-13(14)17(18,19)20/h2-7,12H,8-10H2,1H3,(H,21,25). The number of hydrogen-bond donors (Lipinski definition) is 1. The maximum absolute atomic E-state index is 13.0. The maximum atomic E-state index is 13.0. The number of ether oxygens (including phenoxy) is 1. The third kappa shape index (κ3) is 4.22. The quantitative estimate of drug-likeness (QED) is 0.903. The predicted molar refractivity (Wildman–Crippen MR) is 87.8 cm³/mol. The number of alkyl halides is 3. The highest BCUT2D eigenvalue weighted by Crippen LogP contribution is 2.34. The Labute approximate surface area is 148 Å². The first-order valence-electron chi connectivity index (χ1n) is 8.02. The smallest absolute Gasteiger partial charge is 0.418 e. The second kappa shape index (κ2) is 7.19. The van der Waals surface area contributed by atoms with E-state index in [1.807, 2.05) is 0 Å². The molecule has 2 amide bonds. The largest absolute Gasteiger partial charge is 0.471 e. The Morgan fingerprint density at radius 1 is 1.23 bits per heavy atom. The highest BCUT2D eigenvalue weighted by atomic mass is 19.4. The van der Waals surface area contributed by atoms with Crippen LogP contribution in [-0.2, 0) is 6.18 Å². The number of nitrogens with zero attached hydrogens (tertiary/aromatic N) is 3. The minimum absolute atomic E-state index is 0.259. The zero-order valence-electron chi connectivity index (χ0n) is 14.0. The van der Waals surface area contributed by atoms with E-state index in [0.717, 1.165) is 11.8 Å². The number of aromatic nitrogens is 2. The Bertz CT molecular complexity index is 780. The van der Waals surface area contributed by atoms with Gasteiger partial charge in [-0.05, 0) is 25.1 Å². The second-order valence-electron chi connectivity index (χ2n) is 5.96. The van der Waals surface area contributed by atoms with Crippen molar-refractivity contribution >= 4 is 11.7 Å². The van der Waals surface area contributed by atoms with Gasteiger partial charge in [0.15, 0.2) is 0 Å². The summed E-state index contributed by atoms with van der Waals surface area (Å²) >= 11 is 0. The number of aryl methyl sites for hydroxylation is 1. The molecular weight excluding hydrogens is 349 g/mol. The van der Waals surface area contributed by atoms with Crippen molar-refractivity contribution < 1.29 is 22.7 Å². The molecule has 1 aromatic heterocycles. The van der Waals surface area contributed by atoms with Crippen LogP contribution in [0.2, 0.25) is 0 Å². The van der Waals surface area contributed by atoms with Gasteiger partial charge in [0.2, 0.25) is 5.88 Å². The van der Waals surface area contributed by atoms with Gasteiger partial charge in [-0.1, -0.05) is 12.1 Å². The zero-order chi connectivity index (χ0) is 18.7. The number of likely N-dealkylation sites (tertiary alicyclic amines) is 1. The summed E-state index contributed by atoms with van der Waals surface area (Å²) in [5, 5.41) is 10.1. The van der Waals surface area contributed by atoms with Crippen LogP contribution in [0.5, 0.6) is 5.88 Å². The van der Waals surface area contributed by atoms with Gasteiger partial charge in [0.05, 0.1) is 23.5 Å². The molecule has 6 nitrogen and oxygen atoms in total. The van der Waals surface area contributed by atoms with E-state index in [-0.39, 0.29) is 18.3 Å². The summed E-state index contributed by atoms with van der Waals surface area (Å²) < 4.78 is 44.7. The monoisotopic (exact) mass is 366 g/mol. The third-order valence-corrected chi connectivity index (χ3v) is 3.97. The number of amides is 2. The molecule has 1 unspecified atom stereocenters. The van der Waals surface area contributed by atoms with Crippen LogP contribution in [0.4, 0.5) is 23.7 Å². The molecule has 0 saturated carbocycles. The van der Waals surface area contributed by atoms with Gasteiger partial charge < -0.3 is 15.0 Å². The third-order valence-electron chi connectivity index (χ3n) is 3.97. The molecule has 138 valence electrons. The Balaban J connectivity index is 1.61. The molecule has 0 aliphatic carbocycles. The molecule has 1 saturated heterocycles. The van der Waals surface area contributed by atoms with E-state index >= 15 is 0 Å². The number of anilines is 1. The molecule has 1 aliphatic rings. The van der Waals surface area contributed by atoms with Crippen molar-refractivity contribution in [3.05, 3.63) is 47.7 Å². The van der Waals surface area contributed by atoms with E-state index < -0.39 is 17.8 Å². The molecule has 26 heavy (non-hydrogen) atoms. The minimum Gasteiger partial charge on any atom is -0.471 e. The van der Waals surface area contributed by atoms with Crippen molar-refractivity contribution in [2.24, 2.45) is 0 Å². The fraction of sp³-hybridized carbons (Fsp3) is 0.353. The van der Waals surface area contributed by atoms with Crippen LogP contribution >= 0.6 is 0 Å². The molecule has 0 bridgehead atoms. The summed E-state index contributed by atoms with van der Waals surface area (Å²) in [6, 6.07) is 7.73. The number of rotatable bonds is 3. The number of nitrogens with one attached hydrogen (secondary N) is 1. The maximum Gasteiger partial charge on any atom is 0.418 e. The molecular formula is C17H17F3N4O2. The van der Waals surface area contributed by atoms with Crippen LogP contribution in [0.25, 0.3) is 0 Å². The van der Waals surface area contributed by atoms with Crippen molar-refractivity contribution in [2.75, 3.05) is 18.4 Å². The molecule has 0 radical (unpaired) electrons. The first-order valence-corrected chi connectivity index (χ1v) is 8.02. The van der Waals surface area contributed by atoms with Crippen LogP contribution < -0.4 is 10.1 Å². The van der Waals surface area contributed by atoms with E-state index in [2.05, 4.69) is 15.5 Å². The van der Waals surface area contributed by atoms with Crippen molar-refractivity contribution in [1.29, 1.82) is 0 Å². The zero-order valence-corrected chi connectivity index (χ0v) is 14.0. The van der Waals surface area contributed by atoms with Gasteiger partial charge in [0.25, 0.3) is 0 Å². The van der Waals surface area contributed by atoms with E-state index in [1.165, 1.54) is 23.1 Å². The number of halogens is 3. The number of benzene rings is 1. The Kier molecular flexibility index (Phi) is 4.97. The highest BCUT2D eigenvalue weighted by molar-refractivity contribution is 5.90. The van der Waals surface area contributed by atoms with Gasteiger partial charge in [-0.2, -0.15) is 18.3 Å². The molecule has 1 aliphatic heterocycles. The molecule has 9 heteroatoms. The van der Waals surface area contributed by atoms with Crippen molar-refractivity contribution in [3.8, 4) is 5.88 Å². The second-order valence-corrected chi connectivity index (χ2v) is 5.96. The first-order chi connectivity index (χ1) is 12.3. The molecule has 1 fully saturated rings. The Morgan fingerprint density at radius 3 is 2.69 bits per heavy atom. The summed E-state index contributed by atoms with van der Waals surface area (Å²) in [6.07, 6.45) is -4.26. The topological polar surface area (TPSA) is 67.3 Å². The molecule has 1 aromatic carbocycles. The Morgan fingerprint density at radius 2 is 2.00 bits per heavy atom. The number of carbonyl (C=O) groups is 1. The normalized spacial score (nSPS) is 17.2. The number of urea groups is 1. The van der Waals surface area contributed by atoms with E-state index in [0.29, 0.717) is 18.8 Å². The van der Waals surface area contributed by atoms with Crippen molar-refractivity contribution in [3.63, 3.8) is 0 Å². The summed E-state index contributed by atoms with van der Waals surface area (Å²) in [6.45, 7) is 2.44. The summed E-state index contributed by atoms with van der Waals surface area (Å²) in [7, 11) is 0. The lowest BCUT2D eigenvalue weighted by molar-refractivity contribution is -0.136. The lowest BCUT2D eigenvalue weighted by Gasteiger charge is -2.19. The molecule has 1 N–H and O–H groups in total. The fourth-order valence-corrected chi connectivity index (χ4v) is 2.66. The highest BCUT2D eigenvalue weighted by Gasteiger charge is 2.34. The van der Waals surface area contributed by atoms with Crippen molar-refractivity contribution in [1.82, 2.24) is 15.1 Å². The van der Waals surface area contributed by atoms with Gasteiger partial charge in [0.1, 0.15) is 6.10 Å². The van der Waals surface area contributed by atoms with Crippen LogP contribution in [0, 0.1) is 6.92 Å². The molecule has 2 heterocycles. The van der Waals surface area contributed by atoms with E-state index in [4.69, 9.17) is 4.74 Å². The number of carbonyl (C=O) groups excluding carboxylic acids is 1. The fourth-order valence-electron chi connectivity index (χ4n) is 2.66. The Hall–Kier alpha value is -2.84. The first kappa shape index (κ1) is 18.0. The van der Waals surface area contributed by atoms with Gasteiger partial charge in [-0.25, -0.2) is 4.79 Å². The van der Waals surface area contributed by atoms with Crippen LogP contribution in [0.1, 0.15) is 17.7 Å². The van der Waals surface area contributed by atoms with Crippen LogP contribution in [0.15, 0.2) is 36.4 Å². The summed E-state index contributed by atoms with van der Waals surface area (Å²) in [4.78, 5) is 13.7. The summed E-state index contributed by atoms with van der Waals surface area (Å²) in [5.74, 6) is 0.352. The molecule has 3 rings (SSSR count). The van der Waals surface area contributed by atoms with Gasteiger partial charge in [-0.15, -0.1) is 5.10 Å². The lowest BCUT2D eigenvalue weighted by atomic mass is 10.1. The van der Waals surface area contributed by atoms with E-state index in [1.54, 1.807) is 19.1 Å². The average molecular weight is 366 g/mol. The van der Waals surface area contributed by atoms with Gasteiger partial charge >= 0.3 is 12.2 Å². The van der Waals surface area contributed by atoms with E-state index in [9.17, 15) is 18.0 Å². The molecule has 1 atom stereocenters. The number of hydrogen-bond acceptors (Lipinski definition) is 4. The SMILES string of the molecule is Cc1ccc(OC2CCN(C(=O)Nc3ccccc3C(F)(F)F)C2)nn1.